The van der Waals surface area contributed by atoms with Crippen LogP contribution in [0.15, 0.2) is 30.3 Å². The maximum Gasteiger partial charge on any atom is 0.314 e. The number of methoxy groups -OCH3 is 3. The van der Waals surface area contributed by atoms with E-state index in [1.807, 2.05) is 18.2 Å². The Kier molecular flexibility index (Phi) is 5.68. The largest absolute Gasteiger partial charge is 0.493 e. The molecule has 29 heavy (non-hydrogen) atoms. The van der Waals surface area contributed by atoms with Gasteiger partial charge in [-0.25, -0.2) is 0 Å². The molecule has 1 aliphatic rings. The normalized spacial score (nSPS) is 12.8. The molecule has 0 bridgehead atoms. The average Bonchev–Trinajstić information content (AvgIpc) is 3.11. The molecule has 3 rings (SSSR count). The third-order valence-electron chi connectivity index (χ3n) is 4.95. The van der Waals surface area contributed by atoms with Gasteiger partial charge in [-0.2, -0.15) is 0 Å². The van der Waals surface area contributed by atoms with E-state index in [4.69, 9.17) is 18.9 Å². The molecule has 0 radical (unpaired) electrons. The molecule has 0 saturated carbocycles. The Morgan fingerprint density at radius 2 is 1.72 bits per heavy atom. The van der Waals surface area contributed by atoms with Crippen LogP contribution in [-0.4, -0.2) is 39.8 Å². The fraction of sp³-hybridized carbons (Fsp3) is 0.364. The quantitative estimate of drug-likeness (QED) is 0.720. The molecule has 2 aromatic rings. The average molecular weight is 399 g/mol. The van der Waals surface area contributed by atoms with Gasteiger partial charge >= 0.3 is 5.97 Å². The molecular weight excluding hydrogens is 374 g/mol. The van der Waals surface area contributed by atoms with Crippen molar-refractivity contribution in [1.29, 1.82) is 0 Å². The van der Waals surface area contributed by atoms with E-state index in [1.54, 1.807) is 33.1 Å². The minimum atomic E-state index is -0.865. The molecule has 1 N–H and O–H groups in total. The van der Waals surface area contributed by atoms with Gasteiger partial charge in [0.05, 0.1) is 26.7 Å². The van der Waals surface area contributed by atoms with Gasteiger partial charge in [-0.3, -0.25) is 9.59 Å². The fourth-order valence-electron chi connectivity index (χ4n) is 3.35. The van der Waals surface area contributed by atoms with Crippen molar-refractivity contribution in [1.82, 2.24) is 5.32 Å². The number of benzene rings is 2. The monoisotopic (exact) mass is 399 g/mol. The number of ether oxygens (including phenoxy) is 4. The van der Waals surface area contributed by atoms with Gasteiger partial charge in [-0.1, -0.05) is 12.1 Å². The van der Waals surface area contributed by atoms with Crippen molar-refractivity contribution in [2.75, 3.05) is 27.9 Å². The first-order chi connectivity index (χ1) is 13.8. The minimum Gasteiger partial charge on any atom is -0.493 e. The van der Waals surface area contributed by atoms with Crippen molar-refractivity contribution >= 4 is 11.9 Å². The van der Waals surface area contributed by atoms with E-state index in [-0.39, 0.29) is 18.5 Å². The number of fused-ring (bicyclic) bond motifs is 1. The number of carbonyl (C=O) groups is 2. The second kappa shape index (κ2) is 8.03. The molecule has 1 amide bonds. The third kappa shape index (κ3) is 3.72. The Hall–Kier alpha value is -3.22. The number of amides is 1. The van der Waals surface area contributed by atoms with E-state index < -0.39 is 5.41 Å². The van der Waals surface area contributed by atoms with Gasteiger partial charge in [0.1, 0.15) is 6.61 Å². The van der Waals surface area contributed by atoms with Crippen LogP contribution in [0.5, 0.6) is 17.2 Å². The SMILES string of the molecule is COC(=O)C(C)(C)COc1c(-c2cccc3c2CNC3=O)ccc(OC)c1OC. The minimum absolute atomic E-state index is 0.0718. The molecule has 0 aliphatic carbocycles. The third-order valence-corrected chi connectivity index (χ3v) is 4.95. The topological polar surface area (TPSA) is 83.1 Å². The van der Waals surface area contributed by atoms with Crippen molar-refractivity contribution in [3.8, 4) is 28.4 Å². The number of rotatable bonds is 7. The van der Waals surface area contributed by atoms with Crippen LogP contribution in [0.1, 0.15) is 29.8 Å². The summed E-state index contributed by atoms with van der Waals surface area (Å²) >= 11 is 0. The highest BCUT2D eigenvalue weighted by Crippen LogP contribution is 2.46. The highest BCUT2D eigenvalue weighted by molar-refractivity contribution is 6.01. The van der Waals surface area contributed by atoms with Crippen molar-refractivity contribution in [2.24, 2.45) is 5.41 Å². The molecule has 1 heterocycles. The maximum absolute atomic E-state index is 12.1. The van der Waals surface area contributed by atoms with Gasteiger partial charge in [-0.05, 0) is 43.2 Å². The lowest BCUT2D eigenvalue weighted by molar-refractivity contribution is -0.152. The number of hydrogen-bond donors (Lipinski definition) is 1. The first-order valence-electron chi connectivity index (χ1n) is 9.20. The van der Waals surface area contributed by atoms with E-state index in [1.165, 1.54) is 14.2 Å². The standard InChI is InChI=1S/C22H25NO6/c1-22(2,21(25)28-5)12-29-18-14(9-10-17(26-3)19(18)27-4)13-7-6-8-15-16(13)11-23-20(15)24/h6-10H,11-12H2,1-5H3,(H,23,24). The lowest BCUT2D eigenvalue weighted by atomic mass is 9.94. The Balaban J connectivity index is 2.12. The van der Waals surface area contributed by atoms with Crippen molar-refractivity contribution in [2.45, 2.75) is 20.4 Å². The number of nitrogens with one attached hydrogen (secondary N) is 1. The first kappa shape index (κ1) is 20.5. The molecule has 0 spiro atoms. The van der Waals surface area contributed by atoms with Crippen LogP contribution in [0.25, 0.3) is 11.1 Å². The van der Waals surface area contributed by atoms with E-state index in [0.717, 1.165) is 16.7 Å². The molecule has 0 aromatic heterocycles. The van der Waals surface area contributed by atoms with E-state index in [2.05, 4.69) is 5.32 Å². The summed E-state index contributed by atoms with van der Waals surface area (Å²) in [5, 5.41) is 2.85. The van der Waals surface area contributed by atoms with Gasteiger partial charge < -0.3 is 24.3 Å². The smallest absolute Gasteiger partial charge is 0.314 e. The molecule has 0 atom stereocenters. The van der Waals surface area contributed by atoms with E-state index >= 15 is 0 Å². The summed E-state index contributed by atoms with van der Waals surface area (Å²) in [4.78, 5) is 24.2. The summed E-state index contributed by atoms with van der Waals surface area (Å²) in [7, 11) is 4.42. The van der Waals surface area contributed by atoms with Crippen LogP contribution >= 0.6 is 0 Å². The Morgan fingerprint density at radius 1 is 1.00 bits per heavy atom. The summed E-state index contributed by atoms with van der Waals surface area (Å²) < 4.78 is 22.0. The highest BCUT2D eigenvalue weighted by Gasteiger charge is 2.32. The van der Waals surface area contributed by atoms with Crippen LogP contribution in [0, 0.1) is 5.41 Å². The summed E-state index contributed by atoms with van der Waals surface area (Å²) in [6, 6.07) is 9.20. The van der Waals surface area contributed by atoms with Crippen LogP contribution < -0.4 is 19.5 Å². The van der Waals surface area contributed by atoms with Gasteiger partial charge in [-0.15, -0.1) is 0 Å². The number of carbonyl (C=O) groups excluding carboxylic acids is 2. The molecule has 7 nitrogen and oxygen atoms in total. The van der Waals surface area contributed by atoms with Gasteiger partial charge in [0.2, 0.25) is 5.75 Å². The molecular formula is C22H25NO6. The summed E-state index contributed by atoms with van der Waals surface area (Å²) in [5.74, 6) is 0.883. The summed E-state index contributed by atoms with van der Waals surface area (Å²) in [5.41, 5.74) is 2.26. The Labute approximate surface area is 169 Å². The van der Waals surface area contributed by atoms with Crippen LogP contribution in [0.2, 0.25) is 0 Å². The van der Waals surface area contributed by atoms with Gasteiger partial charge in [0.15, 0.2) is 11.5 Å². The zero-order valence-electron chi connectivity index (χ0n) is 17.3. The molecule has 0 fully saturated rings. The molecule has 7 heteroatoms. The molecule has 0 saturated heterocycles. The molecule has 2 aromatic carbocycles. The van der Waals surface area contributed by atoms with E-state index in [0.29, 0.717) is 29.4 Å². The van der Waals surface area contributed by atoms with Crippen LogP contribution in [0.4, 0.5) is 0 Å². The van der Waals surface area contributed by atoms with Crippen molar-refractivity contribution in [3.05, 3.63) is 41.5 Å². The van der Waals surface area contributed by atoms with Gasteiger partial charge in [0, 0.05) is 17.7 Å². The Morgan fingerprint density at radius 3 is 2.38 bits per heavy atom. The second-order valence-corrected chi connectivity index (χ2v) is 7.36. The fourth-order valence-corrected chi connectivity index (χ4v) is 3.35. The first-order valence-corrected chi connectivity index (χ1v) is 9.20. The number of esters is 1. The van der Waals surface area contributed by atoms with E-state index in [9.17, 15) is 9.59 Å². The molecule has 154 valence electrons. The lowest BCUT2D eigenvalue weighted by Gasteiger charge is -2.24. The predicted molar refractivity (Wildman–Crippen MR) is 107 cm³/mol. The highest BCUT2D eigenvalue weighted by atomic mass is 16.5. The molecule has 1 aliphatic heterocycles. The van der Waals surface area contributed by atoms with Crippen LogP contribution in [-0.2, 0) is 16.1 Å². The van der Waals surface area contributed by atoms with Crippen molar-refractivity contribution in [3.63, 3.8) is 0 Å². The number of hydrogen-bond acceptors (Lipinski definition) is 6. The van der Waals surface area contributed by atoms with Crippen molar-refractivity contribution < 1.29 is 28.5 Å². The predicted octanol–water partition coefficient (Wildman–Crippen LogP) is 3.19. The van der Waals surface area contributed by atoms with Gasteiger partial charge in [0.25, 0.3) is 5.91 Å². The zero-order chi connectivity index (χ0) is 21.2. The maximum atomic E-state index is 12.1. The second-order valence-electron chi connectivity index (χ2n) is 7.36. The summed E-state index contributed by atoms with van der Waals surface area (Å²) in [6.07, 6.45) is 0. The lowest BCUT2D eigenvalue weighted by Crippen LogP contribution is -2.32. The molecule has 0 unspecified atom stereocenters. The Bertz CT molecular complexity index is 951. The summed E-state index contributed by atoms with van der Waals surface area (Å²) in [6.45, 7) is 4.00. The van der Waals surface area contributed by atoms with Crippen LogP contribution in [0.3, 0.4) is 0 Å². The zero-order valence-corrected chi connectivity index (χ0v) is 17.3.